The minimum atomic E-state index is 0. The molecular formula is C20H34IN9. The molecule has 10 heteroatoms. The van der Waals surface area contributed by atoms with Crippen LogP contribution in [-0.2, 0) is 20.0 Å². The Morgan fingerprint density at radius 3 is 2.90 bits per heavy atom. The first-order valence-electron chi connectivity index (χ1n) is 10.8. The largest absolute Gasteiger partial charge is 0.367 e. The van der Waals surface area contributed by atoms with Gasteiger partial charge in [-0.1, -0.05) is 0 Å². The van der Waals surface area contributed by atoms with Crippen LogP contribution in [0.15, 0.2) is 17.4 Å². The zero-order valence-corrected chi connectivity index (χ0v) is 20.5. The molecule has 2 aromatic heterocycles. The molecule has 2 unspecified atom stereocenters. The van der Waals surface area contributed by atoms with Gasteiger partial charge < -0.3 is 20.1 Å². The topological polar surface area (TPSA) is 88.2 Å². The van der Waals surface area contributed by atoms with Crippen molar-refractivity contribution in [3.05, 3.63) is 24.0 Å². The van der Waals surface area contributed by atoms with E-state index in [1.54, 1.807) is 0 Å². The molecule has 30 heavy (non-hydrogen) atoms. The van der Waals surface area contributed by atoms with E-state index in [1.807, 2.05) is 24.9 Å². The van der Waals surface area contributed by atoms with Crippen molar-refractivity contribution in [3.8, 4) is 0 Å². The smallest absolute Gasteiger partial charge is 0.191 e. The predicted octanol–water partition coefficient (Wildman–Crippen LogP) is 1.72. The third-order valence-corrected chi connectivity index (χ3v) is 5.90. The number of piperidine rings is 1. The summed E-state index contributed by atoms with van der Waals surface area (Å²) in [7, 11) is 1.97. The number of hydrogen-bond acceptors (Lipinski definition) is 5. The normalized spacial score (nSPS) is 21.7. The molecule has 0 aromatic carbocycles. The lowest BCUT2D eigenvalue weighted by Gasteiger charge is -2.34. The Hall–Kier alpha value is -1.85. The lowest BCUT2D eigenvalue weighted by Crippen LogP contribution is -2.51. The summed E-state index contributed by atoms with van der Waals surface area (Å²) in [5, 5.41) is 19.9. The molecule has 0 spiro atoms. The van der Waals surface area contributed by atoms with E-state index >= 15 is 0 Å². The zero-order valence-electron chi connectivity index (χ0n) is 18.2. The van der Waals surface area contributed by atoms with Crippen LogP contribution in [-0.4, -0.2) is 62.7 Å². The van der Waals surface area contributed by atoms with E-state index in [-0.39, 0.29) is 24.0 Å². The number of halogens is 1. The zero-order chi connectivity index (χ0) is 20.2. The second-order valence-corrected chi connectivity index (χ2v) is 8.20. The molecule has 9 nitrogen and oxygen atoms in total. The van der Waals surface area contributed by atoms with E-state index in [1.165, 1.54) is 12.1 Å². The van der Waals surface area contributed by atoms with E-state index in [9.17, 15) is 0 Å². The van der Waals surface area contributed by atoms with Crippen molar-refractivity contribution in [2.45, 2.75) is 52.1 Å². The van der Waals surface area contributed by atoms with Gasteiger partial charge in [-0.05, 0) is 39.0 Å². The van der Waals surface area contributed by atoms with Crippen LogP contribution in [0.5, 0.6) is 0 Å². The van der Waals surface area contributed by atoms with Crippen molar-refractivity contribution >= 4 is 35.6 Å². The van der Waals surface area contributed by atoms with Crippen molar-refractivity contribution in [1.82, 2.24) is 35.2 Å². The van der Waals surface area contributed by atoms with Gasteiger partial charge >= 0.3 is 0 Å². The average molecular weight is 527 g/mol. The molecule has 0 aliphatic carbocycles. The number of anilines is 1. The maximum absolute atomic E-state index is 4.93. The van der Waals surface area contributed by atoms with Gasteiger partial charge in [-0.2, -0.15) is 5.10 Å². The molecule has 166 valence electrons. The fourth-order valence-electron chi connectivity index (χ4n) is 4.31. The highest BCUT2D eigenvalue weighted by molar-refractivity contribution is 14.0. The molecule has 2 aliphatic heterocycles. The monoisotopic (exact) mass is 527 g/mol. The van der Waals surface area contributed by atoms with Crippen molar-refractivity contribution in [2.24, 2.45) is 18.0 Å². The number of fused-ring (bicyclic) bond motifs is 1. The standard InChI is InChI=1S/C20H33N9.HI/c1-4-21-20(22-10-16-7-8-19-26-25-15(2)29(19)12-16)24-17-6-5-9-28(13-17)18-11-23-27(3)14-18;/h11,14,16-17H,4-10,12-13H2,1-3H3,(H2,21,22,24);1H. The molecule has 2 atom stereocenters. The summed E-state index contributed by atoms with van der Waals surface area (Å²) in [6.45, 7) is 8.87. The first kappa shape index (κ1) is 22.8. The average Bonchev–Trinajstić information content (AvgIpc) is 3.32. The molecule has 0 amide bonds. The maximum atomic E-state index is 4.93. The molecule has 0 radical (unpaired) electrons. The van der Waals surface area contributed by atoms with Crippen LogP contribution < -0.4 is 15.5 Å². The Kier molecular flexibility index (Phi) is 7.95. The second kappa shape index (κ2) is 10.5. The Morgan fingerprint density at radius 1 is 1.27 bits per heavy atom. The molecule has 0 bridgehead atoms. The SMILES string of the molecule is CCNC(=NCC1CCc2nnc(C)n2C1)NC1CCCN(c2cnn(C)c2)C1.I. The van der Waals surface area contributed by atoms with Gasteiger partial charge in [-0.25, -0.2) is 0 Å². The third-order valence-electron chi connectivity index (χ3n) is 5.90. The third kappa shape index (κ3) is 5.44. The number of aliphatic imine (C=N–C) groups is 1. The van der Waals surface area contributed by atoms with Gasteiger partial charge in [0.15, 0.2) is 5.96 Å². The van der Waals surface area contributed by atoms with Crippen molar-refractivity contribution in [1.29, 1.82) is 0 Å². The summed E-state index contributed by atoms with van der Waals surface area (Å²) in [6.07, 6.45) is 8.49. The lowest BCUT2D eigenvalue weighted by molar-refractivity contribution is 0.369. The van der Waals surface area contributed by atoms with Gasteiger partial charge in [-0.15, -0.1) is 34.2 Å². The van der Waals surface area contributed by atoms with E-state index in [2.05, 4.69) is 48.5 Å². The summed E-state index contributed by atoms with van der Waals surface area (Å²) in [5.41, 5.74) is 1.20. The van der Waals surface area contributed by atoms with Crippen molar-refractivity contribution in [3.63, 3.8) is 0 Å². The Balaban J connectivity index is 0.00000256. The fourth-order valence-corrected chi connectivity index (χ4v) is 4.31. The summed E-state index contributed by atoms with van der Waals surface area (Å²) in [4.78, 5) is 7.34. The molecule has 2 aromatic rings. The second-order valence-electron chi connectivity index (χ2n) is 8.20. The number of hydrogen-bond donors (Lipinski definition) is 2. The van der Waals surface area contributed by atoms with Gasteiger partial charge in [0.25, 0.3) is 0 Å². The number of rotatable bonds is 5. The van der Waals surface area contributed by atoms with E-state index in [0.717, 1.165) is 69.6 Å². The van der Waals surface area contributed by atoms with Gasteiger partial charge in [0, 0.05) is 58.4 Å². The van der Waals surface area contributed by atoms with Crippen LogP contribution in [0.4, 0.5) is 5.69 Å². The minimum Gasteiger partial charge on any atom is -0.367 e. The van der Waals surface area contributed by atoms with Crippen LogP contribution in [0.3, 0.4) is 0 Å². The van der Waals surface area contributed by atoms with E-state index in [4.69, 9.17) is 4.99 Å². The summed E-state index contributed by atoms with van der Waals surface area (Å²) in [5.74, 6) is 3.59. The van der Waals surface area contributed by atoms with Gasteiger partial charge in [0.2, 0.25) is 0 Å². The Bertz CT molecular complexity index is 843. The first-order valence-corrected chi connectivity index (χ1v) is 10.8. The molecule has 4 rings (SSSR count). The van der Waals surface area contributed by atoms with Gasteiger partial charge in [0.05, 0.1) is 11.9 Å². The number of nitrogens with one attached hydrogen (secondary N) is 2. The molecular weight excluding hydrogens is 493 g/mol. The van der Waals surface area contributed by atoms with Crippen LogP contribution in [0, 0.1) is 12.8 Å². The highest BCUT2D eigenvalue weighted by atomic mass is 127. The van der Waals surface area contributed by atoms with Crippen LogP contribution in [0.25, 0.3) is 0 Å². The Morgan fingerprint density at radius 2 is 2.13 bits per heavy atom. The summed E-state index contributed by atoms with van der Waals surface area (Å²) >= 11 is 0. The van der Waals surface area contributed by atoms with Crippen LogP contribution in [0.1, 0.15) is 37.8 Å². The number of aromatic nitrogens is 5. The summed E-state index contributed by atoms with van der Waals surface area (Å²) in [6, 6.07) is 0.389. The highest BCUT2D eigenvalue weighted by Gasteiger charge is 2.23. The van der Waals surface area contributed by atoms with Gasteiger partial charge in [0.1, 0.15) is 11.6 Å². The quantitative estimate of drug-likeness (QED) is 0.350. The minimum absolute atomic E-state index is 0. The van der Waals surface area contributed by atoms with Crippen LogP contribution >= 0.6 is 24.0 Å². The Labute approximate surface area is 195 Å². The lowest BCUT2D eigenvalue weighted by atomic mass is 9.99. The first-order chi connectivity index (χ1) is 14.1. The molecule has 0 saturated carbocycles. The van der Waals surface area contributed by atoms with E-state index < -0.39 is 0 Å². The van der Waals surface area contributed by atoms with Gasteiger partial charge in [-0.3, -0.25) is 9.67 Å². The number of aryl methyl sites for hydroxylation is 3. The summed E-state index contributed by atoms with van der Waals surface area (Å²) < 4.78 is 4.11. The molecule has 4 heterocycles. The van der Waals surface area contributed by atoms with Crippen molar-refractivity contribution in [2.75, 3.05) is 31.1 Å². The molecule has 2 aliphatic rings. The molecule has 1 saturated heterocycles. The fraction of sp³-hybridized carbons (Fsp3) is 0.700. The maximum Gasteiger partial charge on any atom is 0.191 e. The van der Waals surface area contributed by atoms with E-state index in [0.29, 0.717) is 12.0 Å². The molecule has 1 fully saturated rings. The molecule has 2 N–H and O–H groups in total. The number of nitrogens with zero attached hydrogens (tertiary/aromatic N) is 7. The number of guanidine groups is 1. The predicted molar refractivity (Wildman–Crippen MR) is 130 cm³/mol. The van der Waals surface area contributed by atoms with Crippen LogP contribution in [0.2, 0.25) is 0 Å². The highest BCUT2D eigenvalue weighted by Crippen LogP contribution is 2.21. The van der Waals surface area contributed by atoms with Crippen molar-refractivity contribution < 1.29 is 0 Å².